The number of fused-ring (bicyclic) bond motifs is 1. The van der Waals surface area contributed by atoms with E-state index in [1.807, 2.05) is 0 Å². The van der Waals surface area contributed by atoms with Crippen molar-refractivity contribution in [1.82, 2.24) is 19.8 Å². The van der Waals surface area contributed by atoms with E-state index in [0.717, 1.165) is 24.3 Å². The summed E-state index contributed by atoms with van der Waals surface area (Å²) in [6.45, 7) is -1.91. The molecule has 1 spiro atoms. The molecule has 2 bridgehead atoms. The highest BCUT2D eigenvalue weighted by molar-refractivity contribution is 5.94. The number of piperazine rings is 1. The van der Waals surface area contributed by atoms with Crippen LogP contribution in [0.5, 0.6) is 34.5 Å². The zero-order valence-corrected chi connectivity index (χ0v) is 34.4. The van der Waals surface area contributed by atoms with E-state index in [9.17, 15) is 24.3 Å². The lowest BCUT2D eigenvalue weighted by Gasteiger charge is -2.59. The number of benzene rings is 2. The third kappa shape index (κ3) is 7.91. The predicted octanol–water partition coefficient (Wildman–Crippen LogP) is 3.16. The summed E-state index contributed by atoms with van der Waals surface area (Å²) in [6.07, 6.45) is 4.86. The van der Waals surface area contributed by atoms with Gasteiger partial charge in [0.2, 0.25) is 11.5 Å². The number of hydrogen-bond acceptors (Lipinski definition) is 19. The number of hydrogen-bond donors (Lipinski definition) is 1. The summed E-state index contributed by atoms with van der Waals surface area (Å²) in [6, 6.07) is 13.5. The molecule has 3 atom stereocenters. The zero-order chi connectivity index (χ0) is 44.2. The van der Waals surface area contributed by atoms with Crippen LogP contribution in [0.25, 0.3) is 22.5 Å². The molecule has 62 heavy (non-hydrogen) atoms. The average Bonchev–Trinajstić information content (AvgIpc) is 3.31. The van der Waals surface area contributed by atoms with Gasteiger partial charge in [0.1, 0.15) is 6.61 Å². The highest BCUT2D eigenvalue weighted by Crippen LogP contribution is 2.47. The van der Waals surface area contributed by atoms with Crippen molar-refractivity contribution in [3.05, 3.63) is 96.4 Å². The first-order valence-electron chi connectivity index (χ1n) is 18.8. The number of carbonyl (C=O) groups is 4. The van der Waals surface area contributed by atoms with Gasteiger partial charge in [-0.25, -0.2) is 24.1 Å². The second kappa shape index (κ2) is 17.8. The SMILES string of the molecule is COc1cc(-c2cc(CN3CC4OC(=O)/C=C\C(=O)OC5(OC(=O)/C=C\C(=O)OC35CO)N4Cc3ccnc(-c4cc(OC)c(OC)c(OC)c4)c3)ccn2)cc(OC)c1OC. The molecule has 324 valence electrons. The van der Waals surface area contributed by atoms with Crippen LogP contribution in [0.1, 0.15) is 11.1 Å². The van der Waals surface area contributed by atoms with Gasteiger partial charge in [-0.3, -0.25) is 9.97 Å². The molecule has 0 aliphatic carbocycles. The van der Waals surface area contributed by atoms with Crippen LogP contribution in [0.3, 0.4) is 0 Å². The van der Waals surface area contributed by atoms with Gasteiger partial charge in [0.15, 0.2) is 29.2 Å². The maximum Gasteiger partial charge on any atom is 0.383 e. The lowest BCUT2D eigenvalue weighted by molar-refractivity contribution is -0.434. The second-order valence-electron chi connectivity index (χ2n) is 13.8. The van der Waals surface area contributed by atoms with E-state index < -0.39 is 48.3 Å². The molecule has 19 nitrogen and oxygen atoms in total. The first-order chi connectivity index (χ1) is 29.9. The Morgan fingerprint density at radius 1 is 0.613 bits per heavy atom. The van der Waals surface area contributed by atoms with Gasteiger partial charge in [0, 0.05) is 60.9 Å². The van der Waals surface area contributed by atoms with E-state index in [-0.39, 0.29) is 19.6 Å². The minimum Gasteiger partial charge on any atom is -0.493 e. The van der Waals surface area contributed by atoms with E-state index >= 15 is 0 Å². The first kappa shape index (κ1) is 42.9. The number of pyridine rings is 2. The molecular weight excluding hydrogens is 812 g/mol. The van der Waals surface area contributed by atoms with Gasteiger partial charge in [-0.05, 0) is 59.7 Å². The van der Waals surface area contributed by atoms with Crippen molar-refractivity contribution in [1.29, 1.82) is 0 Å². The fourth-order valence-electron chi connectivity index (χ4n) is 7.53. The Morgan fingerprint density at radius 3 is 1.48 bits per heavy atom. The van der Waals surface area contributed by atoms with Crippen molar-refractivity contribution in [2.24, 2.45) is 0 Å². The number of methoxy groups -OCH3 is 6. The Balaban J connectivity index is 1.36. The topological polar surface area (TPSA) is 213 Å². The molecule has 3 aliphatic heterocycles. The number of aliphatic hydroxyl groups excluding tert-OH is 1. The van der Waals surface area contributed by atoms with Crippen LogP contribution in [0, 0.1) is 0 Å². The Labute approximate surface area is 354 Å². The number of ether oxygens (including phenoxy) is 10. The predicted molar refractivity (Wildman–Crippen MR) is 214 cm³/mol. The molecule has 4 aromatic rings. The maximum absolute atomic E-state index is 13.7. The van der Waals surface area contributed by atoms with Crippen molar-refractivity contribution < 1.29 is 71.7 Å². The average molecular weight is 855 g/mol. The molecule has 1 N–H and O–H groups in total. The largest absolute Gasteiger partial charge is 0.493 e. The van der Waals surface area contributed by atoms with E-state index in [1.165, 1.54) is 64.9 Å². The normalized spacial score (nSPS) is 22.3. The molecule has 1 saturated heterocycles. The number of nitrogens with zero attached hydrogens (tertiary/aromatic N) is 4. The minimum absolute atomic E-state index is 0.190. The van der Waals surface area contributed by atoms with Gasteiger partial charge in [0.05, 0.1) is 60.6 Å². The van der Waals surface area contributed by atoms with E-state index in [1.54, 1.807) is 48.5 Å². The molecule has 7 rings (SSSR count). The molecule has 0 amide bonds. The minimum atomic E-state index is -2.82. The Hall–Kier alpha value is -7.22. The van der Waals surface area contributed by atoms with Gasteiger partial charge in [0.25, 0.3) is 5.72 Å². The second-order valence-corrected chi connectivity index (χ2v) is 13.8. The van der Waals surface area contributed by atoms with Crippen molar-refractivity contribution >= 4 is 23.9 Å². The number of aliphatic hydroxyl groups is 1. The maximum atomic E-state index is 13.7. The number of esters is 4. The van der Waals surface area contributed by atoms with Gasteiger partial charge in [-0.15, -0.1) is 0 Å². The quantitative estimate of drug-likeness (QED) is 0.151. The van der Waals surface area contributed by atoms with Crippen LogP contribution >= 0.6 is 0 Å². The monoisotopic (exact) mass is 854 g/mol. The summed E-state index contributed by atoms with van der Waals surface area (Å²) in [5.41, 5.74) is 0.472. The molecule has 5 heterocycles. The Kier molecular flexibility index (Phi) is 12.3. The summed E-state index contributed by atoms with van der Waals surface area (Å²) >= 11 is 0. The van der Waals surface area contributed by atoms with Crippen LogP contribution in [0.4, 0.5) is 0 Å². The molecule has 0 saturated carbocycles. The van der Waals surface area contributed by atoms with Crippen molar-refractivity contribution in [2.75, 3.05) is 55.8 Å². The van der Waals surface area contributed by atoms with E-state index in [0.29, 0.717) is 68.1 Å². The number of carbonyl (C=O) groups excluding carboxylic acids is 4. The van der Waals surface area contributed by atoms with Crippen LogP contribution < -0.4 is 28.4 Å². The molecule has 3 aliphatic rings. The molecule has 1 fully saturated rings. The van der Waals surface area contributed by atoms with Crippen molar-refractivity contribution in [3.8, 4) is 57.0 Å². The zero-order valence-electron chi connectivity index (χ0n) is 34.4. The lowest BCUT2D eigenvalue weighted by atomic mass is 9.97. The van der Waals surface area contributed by atoms with Gasteiger partial charge < -0.3 is 52.5 Å². The van der Waals surface area contributed by atoms with Crippen LogP contribution in [0.15, 0.2) is 85.2 Å². The summed E-state index contributed by atoms with van der Waals surface area (Å²) < 4.78 is 57.3. The Bertz CT molecular complexity index is 2410. The smallest absolute Gasteiger partial charge is 0.383 e. The van der Waals surface area contributed by atoms with Crippen LogP contribution in [-0.4, -0.2) is 122 Å². The van der Waals surface area contributed by atoms with Crippen LogP contribution in [-0.2, 0) is 51.2 Å². The van der Waals surface area contributed by atoms with E-state index in [2.05, 4.69) is 9.97 Å². The number of aromatic nitrogens is 2. The summed E-state index contributed by atoms with van der Waals surface area (Å²) in [5.74, 6) is -4.97. The molecule has 19 heteroatoms. The standard InChI is InChI=1S/C43H42N4O15/c1-53-31-17-27(18-32(54-2)40(31)57-5)29-15-25(11-13-44-29)21-46-23-35-47(22-26-12-14-45-30(16-26)28-19-33(55-3)41(58-6)34(20-28)56-4)43(61-38(51)8-7-36(49)59-35)42(46,24-48)60-37(50)9-10-39(52)62-43/h7-20,35,48H,21-24H2,1-6H3/b8-7-,10-9-. The molecule has 2 aromatic carbocycles. The van der Waals surface area contributed by atoms with Crippen LogP contribution in [0.2, 0.25) is 0 Å². The molecule has 2 aromatic heterocycles. The molecule has 3 unspecified atom stereocenters. The summed E-state index contributed by atoms with van der Waals surface area (Å²) in [7, 11) is 8.87. The van der Waals surface area contributed by atoms with Crippen molar-refractivity contribution in [2.45, 2.75) is 31.0 Å². The van der Waals surface area contributed by atoms with Gasteiger partial charge in [-0.1, -0.05) is 0 Å². The Morgan fingerprint density at radius 2 is 1.05 bits per heavy atom. The number of rotatable bonds is 13. The fourth-order valence-corrected chi connectivity index (χ4v) is 7.53. The highest BCUT2D eigenvalue weighted by Gasteiger charge is 2.73. The van der Waals surface area contributed by atoms with Crippen molar-refractivity contribution in [3.63, 3.8) is 0 Å². The third-order valence-corrected chi connectivity index (χ3v) is 10.3. The first-order valence-corrected chi connectivity index (χ1v) is 18.8. The molecular formula is C43H42N4O15. The fraction of sp³-hybridized carbons (Fsp3) is 0.302. The van der Waals surface area contributed by atoms with E-state index in [4.69, 9.17) is 47.4 Å². The van der Waals surface area contributed by atoms with Gasteiger partial charge >= 0.3 is 29.8 Å². The summed E-state index contributed by atoms with van der Waals surface area (Å²) in [4.78, 5) is 65.9. The summed E-state index contributed by atoms with van der Waals surface area (Å²) in [5, 5.41) is 11.6. The van der Waals surface area contributed by atoms with Gasteiger partial charge in [-0.2, -0.15) is 4.90 Å². The molecule has 0 radical (unpaired) electrons. The highest BCUT2D eigenvalue weighted by atomic mass is 16.8. The lowest BCUT2D eigenvalue weighted by Crippen LogP contribution is -2.83. The third-order valence-electron chi connectivity index (χ3n) is 10.3.